The molecule has 0 aromatic rings. The number of nitrogens with one attached hydrogen (secondary N) is 2. The van der Waals surface area contributed by atoms with E-state index < -0.39 is 18.0 Å². The summed E-state index contributed by atoms with van der Waals surface area (Å²) in [6, 6.07) is -1.36. The Balaban J connectivity index is 3.87. The van der Waals surface area contributed by atoms with Crippen LogP contribution in [0, 0.1) is 5.92 Å². The van der Waals surface area contributed by atoms with Gasteiger partial charge >= 0.3 is 12.0 Å². The number of rotatable bonds is 9. The van der Waals surface area contributed by atoms with E-state index in [1.165, 1.54) is 0 Å². The van der Waals surface area contributed by atoms with E-state index in [4.69, 9.17) is 9.84 Å². The van der Waals surface area contributed by atoms with E-state index in [0.29, 0.717) is 26.2 Å². The van der Waals surface area contributed by atoms with Gasteiger partial charge in [-0.25, -0.2) is 9.59 Å². The predicted octanol–water partition coefficient (Wildman–Crippen LogP) is 1.38. The van der Waals surface area contributed by atoms with Crippen LogP contribution in [0.4, 0.5) is 4.79 Å². The number of aliphatic carboxylic acids is 1. The zero-order valence-corrected chi connectivity index (χ0v) is 11.9. The lowest BCUT2D eigenvalue weighted by atomic mass is 10.0. The highest BCUT2D eigenvalue weighted by molar-refractivity contribution is 5.82. The summed E-state index contributed by atoms with van der Waals surface area (Å²) in [5, 5.41) is 13.9. The summed E-state index contributed by atoms with van der Waals surface area (Å²) in [5.41, 5.74) is 0.910. The maximum atomic E-state index is 11.5. The molecule has 0 saturated heterocycles. The van der Waals surface area contributed by atoms with E-state index >= 15 is 0 Å². The quantitative estimate of drug-likeness (QED) is 0.437. The van der Waals surface area contributed by atoms with Crippen LogP contribution >= 0.6 is 0 Å². The average Bonchev–Trinajstić information content (AvgIpc) is 2.26. The van der Waals surface area contributed by atoms with Crippen molar-refractivity contribution >= 4 is 12.0 Å². The van der Waals surface area contributed by atoms with E-state index in [1.807, 2.05) is 20.8 Å². The van der Waals surface area contributed by atoms with E-state index in [2.05, 4.69) is 17.2 Å². The normalized spacial score (nSPS) is 12.0. The smallest absolute Gasteiger partial charge is 0.326 e. The van der Waals surface area contributed by atoms with Gasteiger partial charge in [0.15, 0.2) is 0 Å². The zero-order chi connectivity index (χ0) is 14.8. The highest BCUT2D eigenvalue weighted by Gasteiger charge is 2.20. The van der Waals surface area contributed by atoms with Crippen LogP contribution in [0.1, 0.15) is 27.2 Å². The molecule has 6 nitrogen and oxygen atoms in total. The lowest BCUT2D eigenvalue weighted by Crippen LogP contribution is -2.47. The minimum absolute atomic E-state index is 0.195. The topological polar surface area (TPSA) is 87.7 Å². The molecular weight excluding hydrogens is 248 g/mol. The number of urea groups is 1. The fraction of sp³-hybridized carbons (Fsp3) is 0.692. The third kappa shape index (κ3) is 10.1. The Labute approximate surface area is 114 Å². The summed E-state index contributed by atoms with van der Waals surface area (Å²) in [6.45, 7) is 10.5. The second-order valence-electron chi connectivity index (χ2n) is 4.93. The van der Waals surface area contributed by atoms with Crippen molar-refractivity contribution in [2.75, 3.05) is 19.8 Å². The second kappa shape index (κ2) is 9.38. The Morgan fingerprint density at radius 3 is 2.47 bits per heavy atom. The summed E-state index contributed by atoms with van der Waals surface area (Å²) < 4.78 is 5.20. The highest BCUT2D eigenvalue weighted by atomic mass is 16.5. The van der Waals surface area contributed by atoms with Gasteiger partial charge in [0.2, 0.25) is 0 Å². The van der Waals surface area contributed by atoms with Gasteiger partial charge in [-0.1, -0.05) is 26.0 Å². The summed E-state index contributed by atoms with van der Waals surface area (Å²) in [5.74, 6) is -0.831. The number of hydrogen-bond donors (Lipinski definition) is 3. The lowest BCUT2D eigenvalue weighted by Gasteiger charge is -2.16. The fourth-order valence-electron chi connectivity index (χ4n) is 1.39. The van der Waals surface area contributed by atoms with Gasteiger partial charge in [0.1, 0.15) is 6.04 Å². The Bertz CT molecular complexity index is 316. The molecular formula is C13H24N2O4. The third-order valence-corrected chi connectivity index (χ3v) is 2.19. The molecule has 0 fully saturated rings. The Kier molecular flexibility index (Phi) is 8.61. The van der Waals surface area contributed by atoms with Crippen LogP contribution < -0.4 is 10.6 Å². The minimum Gasteiger partial charge on any atom is -0.480 e. The molecule has 0 aliphatic heterocycles. The van der Waals surface area contributed by atoms with Gasteiger partial charge in [0.25, 0.3) is 0 Å². The fourth-order valence-corrected chi connectivity index (χ4v) is 1.39. The number of amides is 2. The molecule has 6 heteroatoms. The van der Waals surface area contributed by atoms with Crippen molar-refractivity contribution < 1.29 is 19.4 Å². The van der Waals surface area contributed by atoms with Gasteiger partial charge in [-0.15, -0.1) is 0 Å². The van der Waals surface area contributed by atoms with E-state index in [1.54, 1.807) is 0 Å². The van der Waals surface area contributed by atoms with Crippen molar-refractivity contribution in [1.82, 2.24) is 10.6 Å². The number of hydrogen-bond acceptors (Lipinski definition) is 3. The first kappa shape index (κ1) is 17.4. The van der Waals surface area contributed by atoms with Crippen molar-refractivity contribution in [2.24, 2.45) is 5.92 Å². The summed E-state index contributed by atoms with van der Waals surface area (Å²) >= 11 is 0. The minimum atomic E-state index is -1.03. The third-order valence-electron chi connectivity index (χ3n) is 2.19. The first-order chi connectivity index (χ1) is 8.82. The molecule has 3 N–H and O–H groups in total. The van der Waals surface area contributed by atoms with Crippen molar-refractivity contribution in [3.63, 3.8) is 0 Å². The van der Waals surface area contributed by atoms with Crippen LogP contribution in [0.5, 0.6) is 0 Å². The average molecular weight is 272 g/mol. The Hall–Kier alpha value is -1.56. The molecule has 0 rings (SSSR count). The molecule has 0 aliphatic rings. The van der Waals surface area contributed by atoms with Crippen LogP contribution in [0.2, 0.25) is 0 Å². The van der Waals surface area contributed by atoms with Gasteiger partial charge in [0.05, 0.1) is 13.2 Å². The summed E-state index contributed by atoms with van der Waals surface area (Å²) in [7, 11) is 0. The van der Waals surface area contributed by atoms with Gasteiger partial charge < -0.3 is 20.5 Å². The first-order valence-electron chi connectivity index (χ1n) is 6.32. The number of carboxylic acids is 1. The van der Waals surface area contributed by atoms with Crippen molar-refractivity contribution in [1.29, 1.82) is 0 Å². The van der Waals surface area contributed by atoms with Gasteiger partial charge in [-0.3, -0.25) is 0 Å². The first-order valence-corrected chi connectivity index (χ1v) is 6.32. The molecule has 0 radical (unpaired) electrons. The molecule has 1 atom stereocenters. The van der Waals surface area contributed by atoms with Crippen LogP contribution in [0.15, 0.2) is 12.2 Å². The van der Waals surface area contributed by atoms with Crippen molar-refractivity contribution in [2.45, 2.75) is 33.2 Å². The van der Waals surface area contributed by atoms with Crippen molar-refractivity contribution in [3.8, 4) is 0 Å². The monoisotopic (exact) mass is 272 g/mol. The molecule has 0 aliphatic carbocycles. The van der Waals surface area contributed by atoms with Gasteiger partial charge in [-0.2, -0.15) is 0 Å². The molecule has 19 heavy (non-hydrogen) atoms. The highest BCUT2D eigenvalue weighted by Crippen LogP contribution is 2.04. The van der Waals surface area contributed by atoms with Gasteiger partial charge in [-0.05, 0) is 19.3 Å². The Morgan fingerprint density at radius 1 is 1.37 bits per heavy atom. The second-order valence-corrected chi connectivity index (χ2v) is 4.93. The Morgan fingerprint density at radius 2 is 2.00 bits per heavy atom. The number of carbonyl (C=O) groups excluding carboxylic acids is 1. The van der Waals surface area contributed by atoms with Crippen LogP contribution in [0.25, 0.3) is 0 Å². The lowest BCUT2D eigenvalue weighted by molar-refractivity contribution is -0.139. The molecule has 0 spiro atoms. The molecule has 0 unspecified atom stereocenters. The van der Waals surface area contributed by atoms with E-state index in [-0.39, 0.29) is 5.92 Å². The molecule has 0 bridgehead atoms. The molecule has 0 heterocycles. The molecule has 0 saturated carbocycles. The van der Waals surface area contributed by atoms with Gasteiger partial charge in [0, 0.05) is 6.54 Å². The molecule has 0 aromatic heterocycles. The number of ether oxygens (including phenoxy) is 1. The van der Waals surface area contributed by atoms with E-state index in [9.17, 15) is 9.59 Å². The maximum absolute atomic E-state index is 11.5. The molecule has 110 valence electrons. The zero-order valence-electron chi connectivity index (χ0n) is 11.9. The van der Waals surface area contributed by atoms with Crippen LogP contribution in [0.3, 0.4) is 0 Å². The summed E-state index contributed by atoms with van der Waals surface area (Å²) in [6.07, 6.45) is 0.398. The maximum Gasteiger partial charge on any atom is 0.326 e. The molecule has 2 amide bonds. The standard InChI is InChI=1S/C13H24N2O4/c1-9(2)7-11(12(16)17)15-13(18)14-5-6-19-8-10(3)4/h9,11H,3,5-8H2,1-2,4H3,(H,16,17)(H2,14,15,18)/t11-/m0/s1. The summed E-state index contributed by atoms with van der Waals surface area (Å²) in [4.78, 5) is 22.4. The predicted molar refractivity (Wildman–Crippen MR) is 73.0 cm³/mol. The van der Waals surface area contributed by atoms with Crippen LogP contribution in [-0.2, 0) is 9.53 Å². The SMILES string of the molecule is C=C(C)COCCNC(=O)N[C@@H](CC(C)C)C(=O)O. The molecule has 0 aromatic carbocycles. The van der Waals surface area contributed by atoms with Crippen molar-refractivity contribution in [3.05, 3.63) is 12.2 Å². The van der Waals surface area contributed by atoms with E-state index in [0.717, 1.165) is 5.57 Å². The van der Waals surface area contributed by atoms with Crippen LogP contribution in [-0.4, -0.2) is 42.9 Å². The number of carboxylic acid groups (broad SMARTS) is 1. The largest absolute Gasteiger partial charge is 0.480 e. The number of carbonyl (C=O) groups is 2.